The van der Waals surface area contributed by atoms with Gasteiger partial charge in [0.2, 0.25) is 0 Å². The molecule has 0 aromatic rings. The molecule has 0 spiro atoms. The van der Waals surface area contributed by atoms with Crippen LogP contribution in [0.5, 0.6) is 0 Å². The Bertz CT molecular complexity index is 2060. The van der Waals surface area contributed by atoms with Crippen molar-refractivity contribution in [2.24, 2.45) is 0 Å². The lowest BCUT2D eigenvalue weighted by atomic mass is 9.84. The molecule has 0 aromatic carbocycles. The smallest absolute Gasteiger partial charge is 0.463 e. The van der Waals surface area contributed by atoms with Gasteiger partial charge in [-0.3, -0.25) is 23.4 Å². The Morgan fingerprint density at radius 1 is 0.392 bits per heavy atom. The summed E-state index contributed by atoms with van der Waals surface area (Å²) in [5, 5.41) is 110. The van der Waals surface area contributed by atoms with Gasteiger partial charge in [0.25, 0.3) is 0 Å². The topological polar surface area (TPSA) is 374 Å². The minimum atomic E-state index is -5.70. The highest BCUT2D eigenvalue weighted by Crippen LogP contribution is 2.49. The molecule has 0 aromatic heterocycles. The molecule has 0 amide bonds. The number of esters is 3. The normalized spacial score (nSPS) is 27.8. The zero-order valence-corrected chi connectivity index (χ0v) is 60.3. The fourth-order valence-electron chi connectivity index (χ4n) is 12.6. The number of carbonyl (C=O) groups is 3. The molecule has 3 aliphatic rings. The first-order chi connectivity index (χ1) is 46.8. The van der Waals surface area contributed by atoms with E-state index in [2.05, 4.69) is 32.9 Å². The molecule has 11 N–H and O–H groups in total. The Morgan fingerprint density at radius 2 is 0.722 bits per heavy atom. The third kappa shape index (κ3) is 37.6. The first-order valence-corrected chi connectivity index (χ1v) is 39.5. The van der Waals surface area contributed by atoms with E-state index in [-0.39, 0.29) is 19.3 Å². The van der Waals surface area contributed by atoms with E-state index in [1.54, 1.807) is 0 Å². The van der Waals surface area contributed by atoms with Crippen molar-refractivity contribution in [3.63, 3.8) is 0 Å². The standard InChI is InChI=1S/C72H133O24P/c1-4-7-10-13-16-19-22-25-26-27-28-30-33-36-39-42-45-48-58(76)91-53(50-88-56(74)46-43-40-37-35-32-29-23-20-17-14-11-8-5-2)51-90-97(86,87)96-70-68(94-71-66(84)61(79)59(77)54(49-73)92-71)64(82)63(81)65(83)69(70)95-72-67(85)62(80)60(78)55(93-72)52-89-57(75)47-44-41-38-34-31-24-21-18-15-12-9-6-3/h29,32,53-55,59-73,77-85H,4-28,30-31,33-52H2,1-3H3,(H,86,87)/b32-29-. The summed E-state index contributed by atoms with van der Waals surface area (Å²) in [5.74, 6) is -2.00. The van der Waals surface area contributed by atoms with Crippen molar-refractivity contribution in [1.29, 1.82) is 0 Å². The van der Waals surface area contributed by atoms with Gasteiger partial charge in [0.1, 0.15) is 98.7 Å². The van der Waals surface area contributed by atoms with Gasteiger partial charge in [-0.25, -0.2) is 4.57 Å². The van der Waals surface area contributed by atoms with Crippen LogP contribution in [-0.4, -0.2) is 204 Å². The van der Waals surface area contributed by atoms with Crippen molar-refractivity contribution in [3.05, 3.63) is 12.2 Å². The minimum Gasteiger partial charge on any atom is -0.463 e. The molecule has 2 saturated heterocycles. The van der Waals surface area contributed by atoms with Crippen LogP contribution in [0.4, 0.5) is 0 Å². The summed E-state index contributed by atoms with van der Waals surface area (Å²) in [7, 11) is -5.70. The van der Waals surface area contributed by atoms with Crippen LogP contribution in [0, 0.1) is 0 Å². The van der Waals surface area contributed by atoms with E-state index in [9.17, 15) is 74.9 Å². The van der Waals surface area contributed by atoms with Crippen LogP contribution < -0.4 is 0 Å². The Kier molecular flexibility index (Phi) is 49.8. The molecule has 18 atom stereocenters. The van der Waals surface area contributed by atoms with E-state index in [0.717, 1.165) is 96.3 Å². The van der Waals surface area contributed by atoms with Crippen molar-refractivity contribution < 1.29 is 117 Å². The molecule has 1 saturated carbocycles. The number of aliphatic hydroxyl groups excluding tert-OH is 10. The number of unbranched alkanes of at least 4 members (excludes halogenated alkanes) is 36. The number of phosphoric ester groups is 1. The maximum absolute atomic E-state index is 14.3. The van der Waals surface area contributed by atoms with Crippen molar-refractivity contribution in [2.75, 3.05) is 26.4 Å². The van der Waals surface area contributed by atoms with E-state index < -0.39 is 156 Å². The average molecular weight is 1410 g/mol. The van der Waals surface area contributed by atoms with Crippen LogP contribution >= 0.6 is 7.82 Å². The second kappa shape index (κ2) is 54.4. The van der Waals surface area contributed by atoms with Gasteiger partial charge in [-0.05, 0) is 44.9 Å². The predicted octanol–water partition coefficient (Wildman–Crippen LogP) is 10.4. The van der Waals surface area contributed by atoms with E-state index in [4.69, 9.17) is 42.2 Å². The molecule has 0 bridgehead atoms. The Balaban J connectivity index is 1.74. The third-order valence-electron chi connectivity index (χ3n) is 18.8. The van der Waals surface area contributed by atoms with E-state index in [1.165, 1.54) is 141 Å². The molecule has 1 aliphatic carbocycles. The molecule has 24 nitrogen and oxygen atoms in total. The van der Waals surface area contributed by atoms with Crippen molar-refractivity contribution in [3.8, 4) is 0 Å². The quantitative estimate of drug-likeness (QED) is 0.00886. The van der Waals surface area contributed by atoms with Crippen molar-refractivity contribution in [1.82, 2.24) is 0 Å². The van der Waals surface area contributed by atoms with Crippen LogP contribution in [0.15, 0.2) is 12.2 Å². The molecule has 570 valence electrons. The number of hydrogen-bond donors (Lipinski definition) is 11. The maximum Gasteiger partial charge on any atom is 0.472 e. The van der Waals surface area contributed by atoms with Crippen LogP contribution in [0.25, 0.3) is 0 Å². The van der Waals surface area contributed by atoms with E-state index in [1.807, 2.05) is 0 Å². The number of hydrogen-bond acceptors (Lipinski definition) is 23. The van der Waals surface area contributed by atoms with Gasteiger partial charge < -0.3 is 89.1 Å². The maximum atomic E-state index is 14.3. The highest BCUT2D eigenvalue weighted by atomic mass is 31.2. The summed E-state index contributed by atoms with van der Waals surface area (Å²) in [6.45, 7) is 3.43. The molecule has 3 fully saturated rings. The van der Waals surface area contributed by atoms with Gasteiger partial charge in [0.15, 0.2) is 18.7 Å². The summed E-state index contributed by atoms with van der Waals surface area (Å²) in [6, 6.07) is 0. The second-order valence-corrected chi connectivity index (χ2v) is 28.8. The molecule has 18 unspecified atom stereocenters. The third-order valence-corrected chi connectivity index (χ3v) is 19.8. The lowest BCUT2D eigenvalue weighted by Crippen LogP contribution is -2.69. The number of carbonyl (C=O) groups excluding carboxylic acids is 3. The van der Waals surface area contributed by atoms with Crippen LogP contribution in [0.1, 0.15) is 297 Å². The molecule has 3 rings (SSSR count). The SMILES string of the molecule is CCCCCCCC/C=C\CCCCCC(=O)OCC(COP(=O)(O)OC1C(OC2OC(CO)C(O)C(O)C2O)C(O)C(O)C(O)C1OC1OC(COC(=O)CCCCCCCCCCCCCC)C(O)C(O)C1O)OC(=O)CCCCCCCCCCCCCCCCCCC. The van der Waals surface area contributed by atoms with Gasteiger partial charge in [-0.15, -0.1) is 0 Å². The lowest BCUT2D eigenvalue weighted by Gasteiger charge is -2.49. The highest BCUT2D eigenvalue weighted by Gasteiger charge is 2.58. The molecule has 97 heavy (non-hydrogen) atoms. The average Bonchev–Trinajstić information content (AvgIpc) is 0.763. The Labute approximate surface area is 580 Å². The molecular formula is C72H133O24P. The number of ether oxygens (including phenoxy) is 7. The number of rotatable bonds is 59. The largest absolute Gasteiger partial charge is 0.472 e. The minimum absolute atomic E-state index is 0.0278. The monoisotopic (exact) mass is 1410 g/mol. The van der Waals surface area contributed by atoms with Crippen LogP contribution in [0.3, 0.4) is 0 Å². The van der Waals surface area contributed by atoms with Gasteiger partial charge >= 0.3 is 25.7 Å². The molecule has 0 radical (unpaired) electrons. The zero-order valence-electron chi connectivity index (χ0n) is 59.4. The first-order valence-electron chi connectivity index (χ1n) is 38.0. The molecular weight excluding hydrogens is 1280 g/mol. The lowest BCUT2D eigenvalue weighted by molar-refractivity contribution is -0.360. The Hall–Kier alpha value is -2.30. The number of phosphoric acid groups is 1. The fraction of sp³-hybridized carbons (Fsp3) is 0.931. The summed E-state index contributed by atoms with van der Waals surface area (Å²) in [5.41, 5.74) is 0. The molecule has 25 heteroatoms. The second-order valence-electron chi connectivity index (χ2n) is 27.4. The Morgan fingerprint density at radius 3 is 1.12 bits per heavy atom. The van der Waals surface area contributed by atoms with E-state index >= 15 is 0 Å². The summed E-state index contributed by atoms with van der Waals surface area (Å²) >= 11 is 0. The summed E-state index contributed by atoms with van der Waals surface area (Å²) < 4.78 is 65.0. The molecule has 2 aliphatic heterocycles. The fourth-order valence-corrected chi connectivity index (χ4v) is 13.5. The summed E-state index contributed by atoms with van der Waals surface area (Å²) in [6.07, 6.45) is 12.8. The van der Waals surface area contributed by atoms with E-state index in [0.29, 0.717) is 19.3 Å². The first kappa shape index (κ1) is 88.9. The van der Waals surface area contributed by atoms with Crippen LogP contribution in [0.2, 0.25) is 0 Å². The van der Waals surface area contributed by atoms with Gasteiger partial charge in [0.05, 0.1) is 13.2 Å². The van der Waals surface area contributed by atoms with Gasteiger partial charge in [0, 0.05) is 19.3 Å². The van der Waals surface area contributed by atoms with Crippen molar-refractivity contribution >= 4 is 25.7 Å². The van der Waals surface area contributed by atoms with Gasteiger partial charge in [-0.2, -0.15) is 0 Å². The van der Waals surface area contributed by atoms with Crippen molar-refractivity contribution in [2.45, 2.75) is 401 Å². The highest BCUT2D eigenvalue weighted by molar-refractivity contribution is 7.47. The summed E-state index contributed by atoms with van der Waals surface area (Å²) in [4.78, 5) is 51.0. The number of aliphatic hydroxyl groups is 10. The van der Waals surface area contributed by atoms with Crippen LogP contribution in [-0.2, 0) is 61.2 Å². The zero-order chi connectivity index (χ0) is 71.1. The predicted molar refractivity (Wildman–Crippen MR) is 365 cm³/mol. The number of allylic oxidation sites excluding steroid dienone is 2. The van der Waals surface area contributed by atoms with Gasteiger partial charge in [-0.1, -0.05) is 245 Å². The molecule has 2 heterocycles.